The van der Waals surface area contributed by atoms with Crippen molar-refractivity contribution in [1.29, 1.82) is 0 Å². The van der Waals surface area contributed by atoms with Crippen LogP contribution in [0.5, 0.6) is 0 Å². The van der Waals surface area contributed by atoms with Gasteiger partial charge >= 0.3 is 0 Å². The molecule has 0 rings (SSSR count). The Morgan fingerprint density at radius 1 is 1.50 bits per heavy atom. The fourth-order valence-corrected chi connectivity index (χ4v) is 0.639. The molecule has 10 heavy (non-hydrogen) atoms. The lowest BCUT2D eigenvalue weighted by molar-refractivity contribution is 0.151. The maximum atomic E-state index is 6.86. The largest absolute Gasteiger partial charge is 0.377 e. The Hall–Kier alpha value is -0.550. The molecule has 2 nitrogen and oxygen atoms in total. The molecule has 0 aliphatic rings. The zero-order valence-electron chi connectivity index (χ0n) is 7.14. The van der Waals surface area contributed by atoms with E-state index in [0.717, 1.165) is 0 Å². The highest BCUT2D eigenvalue weighted by molar-refractivity contribution is 4.88. The van der Waals surface area contributed by atoms with Crippen molar-refractivity contribution in [3.63, 3.8) is 0 Å². The van der Waals surface area contributed by atoms with Crippen LogP contribution in [0.2, 0.25) is 0 Å². The van der Waals surface area contributed by atoms with Crippen LogP contribution in [0.1, 0.15) is 20.8 Å². The Kier molecular flexibility index (Phi) is 3.38. The molecule has 0 heterocycles. The summed E-state index contributed by atoms with van der Waals surface area (Å²) in [6.45, 7) is 13.5. The Balaban J connectivity index is 3.98. The molecular formula is C8H15NO. The zero-order valence-corrected chi connectivity index (χ0v) is 7.14. The minimum Gasteiger partial charge on any atom is -0.377 e. The maximum absolute atomic E-state index is 6.86. The summed E-state index contributed by atoms with van der Waals surface area (Å²) in [6.07, 6.45) is 0. The Labute approximate surface area is 63.0 Å². The van der Waals surface area contributed by atoms with Crippen LogP contribution >= 0.6 is 0 Å². The topological polar surface area (TPSA) is 13.6 Å². The first-order chi connectivity index (χ1) is 4.52. The quantitative estimate of drug-likeness (QED) is 0.536. The van der Waals surface area contributed by atoms with Crippen LogP contribution in [0.3, 0.4) is 0 Å². The molecule has 0 amide bonds. The molecule has 0 bridgehead atoms. The van der Waals surface area contributed by atoms with Crippen LogP contribution in [0, 0.1) is 12.0 Å². The second-order valence-electron chi connectivity index (χ2n) is 3.47. The average molecular weight is 141 g/mol. The normalized spacial score (nSPS) is 14.3. The second kappa shape index (κ2) is 3.58. The summed E-state index contributed by atoms with van der Waals surface area (Å²) in [5, 5.41) is 0. The molecule has 0 aliphatic carbocycles. The Morgan fingerprint density at radius 3 is 2.10 bits per heavy atom. The summed E-state index contributed by atoms with van der Waals surface area (Å²) in [4.78, 5) is 3.47. The third-order valence-electron chi connectivity index (χ3n) is 1.48. The Morgan fingerprint density at radius 2 is 2.00 bits per heavy atom. The summed E-state index contributed by atoms with van der Waals surface area (Å²) in [5.74, 6) is 0. The van der Waals surface area contributed by atoms with Gasteiger partial charge in [0.15, 0.2) is 0 Å². The van der Waals surface area contributed by atoms with E-state index < -0.39 is 0 Å². The van der Waals surface area contributed by atoms with E-state index in [4.69, 9.17) is 11.3 Å². The molecule has 0 fully saturated rings. The van der Waals surface area contributed by atoms with E-state index in [1.807, 2.05) is 0 Å². The monoisotopic (exact) mass is 141 g/mol. The molecule has 0 saturated carbocycles. The van der Waals surface area contributed by atoms with Crippen LogP contribution < -0.4 is 0 Å². The summed E-state index contributed by atoms with van der Waals surface area (Å²) in [5.41, 5.74) is 0.0394. The highest BCUT2D eigenvalue weighted by atomic mass is 16.5. The molecule has 0 radical (unpaired) electrons. The van der Waals surface area contributed by atoms with E-state index in [9.17, 15) is 0 Å². The third-order valence-corrected chi connectivity index (χ3v) is 1.48. The molecule has 0 aliphatic heterocycles. The summed E-state index contributed by atoms with van der Waals surface area (Å²) in [6, 6.07) is -0.0162. The average Bonchev–Trinajstić information content (AvgIpc) is 1.80. The van der Waals surface area contributed by atoms with Crippen molar-refractivity contribution in [2.24, 2.45) is 5.41 Å². The molecule has 0 saturated heterocycles. The van der Waals surface area contributed by atoms with Gasteiger partial charge in [0.25, 0.3) is 6.04 Å². The molecule has 0 aromatic heterocycles. The zero-order chi connectivity index (χ0) is 8.20. The van der Waals surface area contributed by atoms with Crippen LogP contribution in [0.15, 0.2) is 0 Å². The SMILES string of the molecule is [C-]#[N+][C@@H](COC)C(C)(C)C. The van der Waals surface area contributed by atoms with E-state index in [1.54, 1.807) is 7.11 Å². The summed E-state index contributed by atoms with van der Waals surface area (Å²) in [7, 11) is 1.63. The molecule has 0 N–H and O–H groups in total. The molecular weight excluding hydrogens is 126 g/mol. The summed E-state index contributed by atoms with van der Waals surface area (Å²) >= 11 is 0. The van der Waals surface area contributed by atoms with Crippen molar-refractivity contribution in [1.82, 2.24) is 0 Å². The van der Waals surface area contributed by atoms with Crippen LogP contribution in [0.4, 0.5) is 0 Å². The fraction of sp³-hybridized carbons (Fsp3) is 0.875. The smallest absolute Gasteiger partial charge is 0.251 e. The number of ether oxygens (including phenoxy) is 1. The van der Waals surface area contributed by atoms with Crippen LogP contribution in [-0.2, 0) is 4.74 Å². The molecule has 0 unspecified atom stereocenters. The molecule has 0 aromatic carbocycles. The van der Waals surface area contributed by atoms with E-state index in [1.165, 1.54) is 0 Å². The van der Waals surface area contributed by atoms with Gasteiger partial charge in [0.1, 0.15) is 6.61 Å². The van der Waals surface area contributed by atoms with Gasteiger partial charge in [0, 0.05) is 12.5 Å². The number of methoxy groups -OCH3 is 1. The molecule has 2 heteroatoms. The summed E-state index contributed by atoms with van der Waals surface area (Å²) < 4.78 is 4.91. The third kappa shape index (κ3) is 2.84. The lowest BCUT2D eigenvalue weighted by atomic mass is 9.88. The van der Waals surface area contributed by atoms with Crippen molar-refractivity contribution in [2.75, 3.05) is 13.7 Å². The second-order valence-corrected chi connectivity index (χ2v) is 3.47. The van der Waals surface area contributed by atoms with Crippen molar-refractivity contribution < 1.29 is 4.74 Å². The van der Waals surface area contributed by atoms with Gasteiger partial charge in [0.2, 0.25) is 0 Å². The van der Waals surface area contributed by atoms with Gasteiger partial charge in [0.05, 0.1) is 0 Å². The van der Waals surface area contributed by atoms with Crippen molar-refractivity contribution in [3.8, 4) is 0 Å². The van der Waals surface area contributed by atoms with Crippen molar-refractivity contribution >= 4 is 0 Å². The van der Waals surface area contributed by atoms with Gasteiger partial charge in [-0.3, -0.25) is 0 Å². The maximum Gasteiger partial charge on any atom is 0.251 e. The minimum absolute atomic E-state index is 0.0162. The van der Waals surface area contributed by atoms with Gasteiger partial charge in [-0.2, -0.15) is 0 Å². The minimum atomic E-state index is -0.0162. The van der Waals surface area contributed by atoms with Gasteiger partial charge in [-0.15, -0.1) is 0 Å². The predicted octanol–water partition coefficient (Wildman–Crippen LogP) is 1.97. The first-order valence-electron chi connectivity index (χ1n) is 3.38. The van der Waals surface area contributed by atoms with Crippen LogP contribution in [-0.4, -0.2) is 19.8 Å². The Bertz CT molecular complexity index is 129. The van der Waals surface area contributed by atoms with E-state index >= 15 is 0 Å². The predicted molar refractivity (Wildman–Crippen MR) is 41.7 cm³/mol. The van der Waals surface area contributed by atoms with Gasteiger partial charge < -0.3 is 9.58 Å². The van der Waals surface area contributed by atoms with Crippen LogP contribution in [0.25, 0.3) is 4.85 Å². The van der Waals surface area contributed by atoms with Gasteiger partial charge in [-0.25, -0.2) is 6.57 Å². The highest BCUT2D eigenvalue weighted by Crippen LogP contribution is 2.22. The fourth-order valence-electron chi connectivity index (χ4n) is 0.639. The van der Waals surface area contributed by atoms with E-state index in [2.05, 4.69) is 25.6 Å². The lowest BCUT2D eigenvalue weighted by Gasteiger charge is -2.19. The number of nitrogens with zero attached hydrogens (tertiary/aromatic N) is 1. The first kappa shape index (κ1) is 9.45. The molecule has 0 spiro atoms. The molecule has 0 aromatic rings. The van der Waals surface area contributed by atoms with Gasteiger partial charge in [-0.05, 0) is 0 Å². The lowest BCUT2D eigenvalue weighted by Crippen LogP contribution is -2.27. The molecule has 1 atom stereocenters. The first-order valence-corrected chi connectivity index (χ1v) is 3.38. The molecule has 58 valence electrons. The highest BCUT2D eigenvalue weighted by Gasteiger charge is 2.29. The van der Waals surface area contributed by atoms with E-state index in [0.29, 0.717) is 6.61 Å². The van der Waals surface area contributed by atoms with Crippen molar-refractivity contribution in [3.05, 3.63) is 11.4 Å². The van der Waals surface area contributed by atoms with Crippen molar-refractivity contribution in [2.45, 2.75) is 26.8 Å². The number of rotatable bonds is 2. The number of hydrogen-bond donors (Lipinski definition) is 0. The van der Waals surface area contributed by atoms with Gasteiger partial charge in [-0.1, -0.05) is 20.8 Å². The standard InChI is InChI=1S/C8H15NO/c1-8(2,3)7(9-4)6-10-5/h7H,6H2,1-3,5H3/t7-/m0/s1. The number of hydrogen-bond acceptors (Lipinski definition) is 1. The van der Waals surface area contributed by atoms with E-state index in [-0.39, 0.29) is 11.5 Å².